The quantitative estimate of drug-likeness (QED) is 0.697. The SMILES string of the molecule is Cn1cnnc1C1CCN(C(=O)Cn2cnc3ccsc3c2=O)CC1. The maximum Gasteiger partial charge on any atom is 0.271 e. The van der Waals surface area contributed by atoms with Crippen molar-refractivity contribution < 1.29 is 4.79 Å². The van der Waals surface area contributed by atoms with E-state index in [4.69, 9.17) is 0 Å². The fraction of sp³-hybridized carbons (Fsp3) is 0.438. The Kier molecular flexibility index (Phi) is 4.08. The third-order valence-electron chi connectivity index (χ3n) is 4.70. The van der Waals surface area contributed by atoms with Crippen LogP contribution in [0.3, 0.4) is 0 Å². The maximum absolute atomic E-state index is 12.6. The Morgan fingerprint density at radius 2 is 2.12 bits per heavy atom. The number of nitrogens with zero attached hydrogens (tertiary/aromatic N) is 6. The number of fused-ring (bicyclic) bond motifs is 1. The summed E-state index contributed by atoms with van der Waals surface area (Å²) in [6.07, 6.45) is 4.87. The van der Waals surface area contributed by atoms with Gasteiger partial charge in [-0.3, -0.25) is 14.2 Å². The molecule has 130 valence electrons. The highest BCUT2D eigenvalue weighted by Crippen LogP contribution is 2.26. The van der Waals surface area contributed by atoms with Gasteiger partial charge in [-0.25, -0.2) is 4.98 Å². The van der Waals surface area contributed by atoms with Gasteiger partial charge in [-0.2, -0.15) is 0 Å². The van der Waals surface area contributed by atoms with Gasteiger partial charge in [0, 0.05) is 26.1 Å². The van der Waals surface area contributed by atoms with E-state index in [1.165, 1.54) is 22.2 Å². The van der Waals surface area contributed by atoms with Crippen LogP contribution in [0.1, 0.15) is 24.6 Å². The molecule has 1 fully saturated rings. The van der Waals surface area contributed by atoms with Crippen molar-refractivity contribution >= 4 is 27.5 Å². The van der Waals surface area contributed by atoms with E-state index in [2.05, 4.69) is 15.2 Å². The molecule has 25 heavy (non-hydrogen) atoms. The molecule has 4 rings (SSSR count). The zero-order chi connectivity index (χ0) is 17.4. The van der Waals surface area contributed by atoms with Crippen LogP contribution in [0, 0.1) is 0 Å². The van der Waals surface area contributed by atoms with Gasteiger partial charge in [0.2, 0.25) is 5.91 Å². The molecule has 8 nitrogen and oxygen atoms in total. The average Bonchev–Trinajstić information content (AvgIpc) is 3.26. The van der Waals surface area contributed by atoms with Crippen LogP contribution >= 0.6 is 11.3 Å². The second-order valence-electron chi connectivity index (χ2n) is 6.27. The minimum absolute atomic E-state index is 0.0360. The molecular weight excluding hydrogens is 340 g/mol. The highest BCUT2D eigenvalue weighted by molar-refractivity contribution is 7.17. The molecule has 0 radical (unpaired) electrons. The standard InChI is InChI=1S/C16H18N6O2S/c1-20-10-18-19-15(20)11-2-5-21(6-3-11)13(23)8-22-9-17-12-4-7-25-14(12)16(22)24/h4,7,9-11H,2-3,5-6,8H2,1H3. The number of piperidine rings is 1. The van der Waals surface area contributed by atoms with Gasteiger partial charge in [-0.15, -0.1) is 21.5 Å². The Morgan fingerprint density at radius 1 is 1.32 bits per heavy atom. The van der Waals surface area contributed by atoms with Crippen molar-refractivity contribution in [3.8, 4) is 0 Å². The molecule has 0 bridgehead atoms. The second-order valence-corrected chi connectivity index (χ2v) is 7.18. The first-order valence-corrected chi connectivity index (χ1v) is 9.06. The second kappa shape index (κ2) is 6.40. The van der Waals surface area contributed by atoms with Crippen LogP contribution in [0.5, 0.6) is 0 Å². The summed E-state index contributed by atoms with van der Waals surface area (Å²) in [6, 6.07) is 1.81. The largest absolute Gasteiger partial charge is 0.341 e. The Morgan fingerprint density at radius 3 is 2.84 bits per heavy atom. The van der Waals surface area contributed by atoms with E-state index in [0.717, 1.165) is 18.7 Å². The molecule has 0 unspecified atom stereocenters. The van der Waals surface area contributed by atoms with E-state index >= 15 is 0 Å². The van der Waals surface area contributed by atoms with E-state index in [1.807, 2.05) is 28.0 Å². The minimum atomic E-state index is -0.151. The van der Waals surface area contributed by atoms with Gasteiger partial charge < -0.3 is 9.47 Å². The Bertz CT molecular complexity index is 966. The fourth-order valence-electron chi connectivity index (χ4n) is 3.29. The van der Waals surface area contributed by atoms with E-state index < -0.39 is 0 Å². The molecule has 0 spiro atoms. The smallest absolute Gasteiger partial charge is 0.271 e. The lowest BCUT2D eigenvalue weighted by Crippen LogP contribution is -2.41. The van der Waals surface area contributed by atoms with Crippen LogP contribution in [0.2, 0.25) is 0 Å². The Hall–Kier alpha value is -2.55. The predicted molar refractivity (Wildman–Crippen MR) is 93.4 cm³/mol. The van der Waals surface area contributed by atoms with Crippen molar-refractivity contribution in [2.45, 2.75) is 25.3 Å². The van der Waals surface area contributed by atoms with Crippen LogP contribution < -0.4 is 5.56 Å². The number of aryl methyl sites for hydroxylation is 1. The number of carbonyl (C=O) groups is 1. The number of rotatable bonds is 3. The van der Waals surface area contributed by atoms with Crippen molar-refractivity contribution in [3.63, 3.8) is 0 Å². The van der Waals surface area contributed by atoms with Crippen molar-refractivity contribution in [3.05, 3.63) is 40.3 Å². The van der Waals surface area contributed by atoms with Crippen molar-refractivity contribution in [1.29, 1.82) is 0 Å². The third-order valence-corrected chi connectivity index (χ3v) is 5.59. The first-order valence-electron chi connectivity index (χ1n) is 8.18. The lowest BCUT2D eigenvalue weighted by atomic mass is 9.96. The van der Waals surface area contributed by atoms with Gasteiger partial charge in [0.05, 0.1) is 11.8 Å². The predicted octanol–water partition coefficient (Wildman–Crippen LogP) is 0.993. The summed E-state index contributed by atoms with van der Waals surface area (Å²) in [4.78, 5) is 31.0. The van der Waals surface area contributed by atoms with Crippen molar-refractivity contribution in [1.82, 2.24) is 29.2 Å². The minimum Gasteiger partial charge on any atom is -0.341 e. The number of hydrogen-bond donors (Lipinski definition) is 0. The molecule has 1 aliphatic rings. The molecule has 0 atom stereocenters. The summed E-state index contributed by atoms with van der Waals surface area (Å²) in [7, 11) is 1.94. The monoisotopic (exact) mass is 358 g/mol. The summed E-state index contributed by atoms with van der Waals surface area (Å²) >= 11 is 1.35. The first-order chi connectivity index (χ1) is 12.1. The summed E-state index contributed by atoms with van der Waals surface area (Å²) in [5.41, 5.74) is 0.533. The van der Waals surface area contributed by atoms with Gasteiger partial charge in [-0.1, -0.05) is 0 Å². The summed E-state index contributed by atoms with van der Waals surface area (Å²) < 4.78 is 3.93. The molecule has 1 saturated heterocycles. The van der Waals surface area contributed by atoms with E-state index in [9.17, 15) is 9.59 Å². The number of hydrogen-bond acceptors (Lipinski definition) is 6. The summed E-state index contributed by atoms with van der Waals surface area (Å²) in [5, 5.41) is 9.93. The number of carbonyl (C=O) groups excluding carboxylic acids is 1. The molecule has 0 aromatic carbocycles. The normalized spacial score (nSPS) is 15.8. The molecule has 0 aliphatic carbocycles. The lowest BCUT2D eigenvalue weighted by Gasteiger charge is -2.31. The Labute approximate surface area is 147 Å². The molecule has 3 aromatic rings. The van der Waals surface area contributed by atoms with Gasteiger partial charge >= 0.3 is 0 Å². The van der Waals surface area contributed by atoms with Crippen LogP contribution in [-0.2, 0) is 18.4 Å². The lowest BCUT2D eigenvalue weighted by molar-refractivity contribution is -0.133. The molecule has 1 aliphatic heterocycles. The fourth-order valence-corrected chi connectivity index (χ4v) is 4.08. The third kappa shape index (κ3) is 2.95. The Balaban J connectivity index is 1.43. The van der Waals surface area contributed by atoms with Gasteiger partial charge in [-0.05, 0) is 24.3 Å². The van der Waals surface area contributed by atoms with Crippen molar-refractivity contribution in [2.24, 2.45) is 7.05 Å². The average molecular weight is 358 g/mol. The molecule has 0 saturated carbocycles. The topological polar surface area (TPSA) is 85.9 Å². The molecular formula is C16H18N6O2S. The number of thiophene rings is 1. The number of likely N-dealkylation sites (tertiary alicyclic amines) is 1. The highest BCUT2D eigenvalue weighted by Gasteiger charge is 2.26. The summed E-state index contributed by atoms with van der Waals surface area (Å²) in [6.45, 7) is 1.37. The molecule has 1 amide bonds. The van der Waals surface area contributed by atoms with Gasteiger partial charge in [0.1, 0.15) is 23.4 Å². The van der Waals surface area contributed by atoms with E-state index in [1.54, 1.807) is 6.33 Å². The van der Waals surface area contributed by atoms with Crippen LogP contribution in [0.4, 0.5) is 0 Å². The molecule has 9 heteroatoms. The van der Waals surface area contributed by atoms with E-state index in [0.29, 0.717) is 29.2 Å². The molecule has 4 heterocycles. The van der Waals surface area contributed by atoms with E-state index in [-0.39, 0.29) is 18.0 Å². The van der Waals surface area contributed by atoms with Gasteiger partial charge in [0.15, 0.2) is 0 Å². The number of aromatic nitrogens is 5. The summed E-state index contributed by atoms with van der Waals surface area (Å²) in [5.74, 6) is 1.25. The zero-order valence-corrected chi connectivity index (χ0v) is 14.6. The van der Waals surface area contributed by atoms with Crippen molar-refractivity contribution in [2.75, 3.05) is 13.1 Å². The van der Waals surface area contributed by atoms with Crippen LogP contribution in [-0.4, -0.2) is 48.2 Å². The maximum atomic E-state index is 12.6. The number of amides is 1. The molecule has 3 aromatic heterocycles. The highest BCUT2D eigenvalue weighted by atomic mass is 32.1. The van der Waals surface area contributed by atoms with Crippen LogP contribution in [0.15, 0.2) is 28.9 Å². The molecule has 0 N–H and O–H groups in total. The first kappa shape index (κ1) is 15.9. The zero-order valence-electron chi connectivity index (χ0n) is 13.8. The van der Waals surface area contributed by atoms with Crippen LogP contribution in [0.25, 0.3) is 10.2 Å². The van der Waals surface area contributed by atoms with Gasteiger partial charge in [0.25, 0.3) is 5.56 Å².